The van der Waals surface area contributed by atoms with Crippen molar-refractivity contribution in [2.24, 2.45) is 0 Å². The summed E-state index contributed by atoms with van der Waals surface area (Å²) in [5, 5.41) is 14.1. The minimum absolute atomic E-state index is 0.535. The highest BCUT2D eigenvalue weighted by molar-refractivity contribution is 6.39. The number of hydrogen-bond donors (Lipinski definition) is 1. The van der Waals surface area contributed by atoms with Gasteiger partial charge in [0.1, 0.15) is 11.4 Å². The van der Waals surface area contributed by atoms with Crippen LogP contribution in [0.3, 0.4) is 0 Å². The summed E-state index contributed by atoms with van der Waals surface area (Å²) in [6, 6.07) is 26.5. The fourth-order valence-electron chi connectivity index (χ4n) is 4.41. The van der Waals surface area contributed by atoms with E-state index in [2.05, 4.69) is 4.98 Å². The average Bonchev–Trinajstić information content (AvgIpc) is 2.89. The van der Waals surface area contributed by atoms with Gasteiger partial charge in [0.2, 0.25) is 0 Å². The van der Waals surface area contributed by atoms with Crippen molar-refractivity contribution in [1.82, 2.24) is 9.97 Å². The zero-order valence-electron chi connectivity index (χ0n) is 19.3. The van der Waals surface area contributed by atoms with E-state index in [1.807, 2.05) is 85.7 Å². The van der Waals surface area contributed by atoms with Crippen LogP contribution in [0.2, 0.25) is 10.0 Å². The summed E-state index contributed by atoms with van der Waals surface area (Å²) in [7, 11) is 3.90. The monoisotopic (exact) mass is 499 g/mol. The minimum Gasteiger partial charge on any atom is -0.376 e. The largest absolute Gasteiger partial charge is 0.376 e. The molecule has 0 saturated carbocycles. The fraction of sp³-hybridized carbons (Fsp3) is 0.103. The summed E-state index contributed by atoms with van der Waals surface area (Å²) in [6.45, 7) is 0. The van der Waals surface area contributed by atoms with E-state index in [0.717, 1.165) is 27.8 Å². The van der Waals surface area contributed by atoms with Crippen LogP contribution in [0.25, 0.3) is 22.0 Å². The first-order valence-electron chi connectivity index (χ1n) is 11.1. The Morgan fingerprint density at radius 2 is 1.54 bits per heavy atom. The fourth-order valence-corrected chi connectivity index (χ4v) is 4.95. The first-order valence-corrected chi connectivity index (χ1v) is 11.9. The molecule has 0 aliphatic rings. The third kappa shape index (κ3) is 4.14. The molecule has 1 N–H and O–H groups in total. The third-order valence-corrected chi connectivity index (χ3v) is 6.76. The second-order valence-electron chi connectivity index (χ2n) is 8.58. The van der Waals surface area contributed by atoms with Crippen LogP contribution >= 0.6 is 23.2 Å². The Kier molecular flexibility index (Phi) is 6.20. The van der Waals surface area contributed by atoms with Gasteiger partial charge in [0.25, 0.3) is 0 Å². The molecule has 0 fully saturated rings. The van der Waals surface area contributed by atoms with E-state index in [1.165, 1.54) is 0 Å². The van der Waals surface area contributed by atoms with Gasteiger partial charge in [-0.15, -0.1) is 0 Å². The van der Waals surface area contributed by atoms with Gasteiger partial charge in [-0.25, -0.2) is 4.98 Å². The number of rotatable bonds is 5. The number of benzene rings is 3. The van der Waals surface area contributed by atoms with E-state index >= 15 is 0 Å². The maximum absolute atomic E-state index is 12.3. The Morgan fingerprint density at radius 3 is 2.23 bits per heavy atom. The quantitative estimate of drug-likeness (QED) is 0.284. The molecular weight excluding hydrogens is 477 g/mol. The predicted octanol–water partition coefficient (Wildman–Crippen LogP) is 6.95. The van der Waals surface area contributed by atoms with E-state index in [1.54, 1.807) is 30.6 Å². The smallest absolute Gasteiger partial charge is 0.142 e. The summed E-state index contributed by atoms with van der Waals surface area (Å²) < 4.78 is 0. The number of aromatic nitrogens is 2. The lowest BCUT2D eigenvalue weighted by molar-refractivity contribution is 0.125. The van der Waals surface area contributed by atoms with E-state index < -0.39 is 5.60 Å². The van der Waals surface area contributed by atoms with Gasteiger partial charge in [-0.3, -0.25) is 4.98 Å². The Bertz CT molecular complexity index is 1510. The molecule has 0 radical (unpaired) electrons. The molecule has 4 nitrogen and oxygen atoms in total. The van der Waals surface area contributed by atoms with E-state index in [-0.39, 0.29) is 0 Å². The van der Waals surface area contributed by atoms with Gasteiger partial charge in [0, 0.05) is 48.0 Å². The lowest BCUT2D eigenvalue weighted by Gasteiger charge is -2.30. The topological polar surface area (TPSA) is 49.2 Å². The molecule has 5 rings (SSSR count). The van der Waals surface area contributed by atoms with Gasteiger partial charge in [-0.2, -0.15) is 0 Å². The maximum atomic E-state index is 12.3. The molecular formula is C29H23Cl2N3O. The number of halogens is 2. The summed E-state index contributed by atoms with van der Waals surface area (Å²) in [5.74, 6) is 0.777. The van der Waals surface area contributed by atoms with Gasteiger partial charge in [-0.1, -0.05) is 77.8 Å². The first-order chi connectivity index (χ1) is 16.9. The minimum atomic E-state index is -1.50. The van der Waals surface area contributed by atoms with Crippen molar-refractivity contribution in [3.05, 3.63) is 124 Å². The highest BCUT2D eigenvalue weighted by Gasteiger charge is 2.35. The van der Waals surface area contributed by atoms with Crippen LogP contribution in [0.5, 0.6) is 0 Å². The molecule has 2 aromatic heterocycles. The molecule has 1 atom stereocenters. The van der Waals surface area contributed by atoms with Gasteiger partial charge >= 0.3 is 0 Å². The Balaban J connectivity index is 1.80. The van der Waals surface area contributed by atoms with Gasteiger partial charge in [0.15, 0.2) is 0 Å². The molecule has 5 aromatic rings. The van der Waals surface area contributed by atoms with Crippen LogP contribution < -0.4 is 4.90 Å². The number of fused-ring (bicyclic) bond motifs is 1. The zero-order valence-corrected chi connectivity index (χ0v) is 20.8. The van der Waals surface area contributed by atoms with Gasteiger partial charge in [0.05, 0.1) is 10.5 Å². The number of pyridine rings is 2. The van der Waals surface area contributed by atoms with Crippen LogP contribution in [0, 0.1) is 0 Å². The lowest BCUT2D eigenvalue weighted by Crippen LogP contribution is -2.29. The summed E-state index contributed by atoms with van der Waals surface area (Å²) in [4.78, 5) is 11.1. The molecule has 0 spiro atoms. The highest BCUT2D eigenvalue weighted by atomic mass is 35.5. The maximum Gasteiger partial charge on any atom is 0.142 e. The number of hydrogen-bond acceptors (Lipinski definition) is 4. The molecule has 0 aliphatic carbocycles. The van der Waals surface area contributed by atoms with E-state index in [4.69, 9.17) is 28.2 Å². The van der Waals surface area contributed by atoms with Crippen molar-refractivity contribution >= 4 is 39.9 Å². The average molecular weight is 500 g/mol. The second-order valence-corrected chi connectivity index (χ2v) is 9.39. The Morgan fingerprint density at radius 1 is 0.800 bits per heavy atom. The first kappa shape index (κ1) is 23.3. The van der Waals surface area contributed by atoms with E-state index in [9.17, 15) is 5.11 Å². The van der Waals surface area contributed by atoms with Crippen LogP contribution in [-0.2, 0) is 5.60 Å². The molecule has 1 unspecified atom stereocenters. The van der Waals surface area contributed by atoms with Gasteiger partial charge < -0.3 is 10.0 Å². The molecule has 2 heterocycles. The van der Waals surface area contributed by atoms with E-state index in [0.29, 0.717) is 26.7 Å². The Labute approximate surface area is 214 Å². The molecule has 0 amide bonds. The van der Waals surface area contributed by atoms with Crippen molar-refractivity contribution in [3.63, 3.8) is 0 Å². The summed E-state index contributed by atoms with van der Waals surface area (Å²) in [6.07, 6.45) is 3.34. The normalized spacial score (nSPS) is 12.9. The molecule has 174 valence electrons. The number of aliphatic hydroxyl groups is 1. The van der Waals surface area contributed by atoms with Crippen LogP contribution in [0.15, 0.2) is 97.3 Å². The summed E-state index contributed by atoms with van der Waals surface area (Å²) in [5.41, 5.74) is 2.95. The SMILES string of the molecule is CN(C)c1nc2ccc(C(O)(c3cccnc3)c3cccc(Cl)c3)cc2c(Cl)c1-c1ccccc1. The van der Waals surface area contributed by atoms with Crippen LogP contribution in [0.1, 0.15) is 16.7 Å². The molecule has 0 bridgehead atoms. The number of nitrogens with zero attached hydrogens (tertiary/aromatic N) is 3. The van der Waals surface area contributed by atoms with Crippen LogP contribution in [-0.4, -0.2) is 29.2 Å². The van der Waals surface area contributed by atoms with Crippen molar-refractivity contribution in [3.8, 4) is 11.1 Å². The van der Waals surface area contributed by atoms with Crippen molar-refractivity contribution < 1.29 is 5.11 Å². The lowest BCUT2D eigenvalue weighted by atomic mass is 9.80. The molecule has 0 aliphatic heterocycles. The Hall–Kier alpha value is -3.44. The van der Waals surface area contributed by atoms with Crippen molar-refractivity contribution in [2.75, 3.05) is 19.0 Å². The standard InChI is InChI=1S/C29H23Cl2N3O/c1-34(2)28-26(19-8-4-3-5-9-19)27(31)24-17-21(13-14-25(24)33-28)29(35,22-11-7-15-32-18-22)20-10-6-12-23(30)16-20/h3-18,35H,1-2H3. The number of anilines is 1. The third-order valence-electron chi connectivity index (χ3n) is 6.13. The molecule has 6 heteroatoms. The van der Waals surface area contributed by atoms with Crippen molar-refractivity contribution in [2.45, 2.75) is 5.60 Å². The predicted molar refractivity (Wildman–Crippen MR) is 144 cm³/mol. The van der Waals surface area contributed by atoms with Crippen LogP contribution in [0.4, 0.5) is 5.82 Å². The molecule has 3 aromatic carbocycles. The summed E-state index contributed by atoms with van der Waals surface area (Å²) >= 11 is 13.4. The second kappa shape index (κ2) is 9.31. The van der Waals surface area contributed by atoms with Crippen molar-refractivity contribution in [1.29, 1.82) is 0 Å². The van der Waals surface area contributed by atoms with Gasteiger partial charge in [-0.05, 0) is 47.0 Å². The molecule has 35 heavy (non-hydrogen) atoms. The zero-order chi connectivity index (χ0) is 24.6. The molecule has 0 saturated heterocycles. The highest BCUT2D eigenvalue weighted by Crippen LogP contribution is 2.43.